The molecule has 0 bridgehead atoms. The second kappa shape index (κ2) is 6.89. The molecule has 2 amide bonds. The average Bonchev–Trinajstić information content (AvgIpc) is 2.84. The number of amides is 2. The van der Waals surface area contributed by atoms with E-state index in [0.717, 1.165) is 25.8 Å². The Balaban J connectivity index is 2.68. The molecule has 0 aliphatic carbocycles. The van der Waals surface area contributed by atoms with Crippen LogP contribution in [0, 0.1) is 0 Å². The highest BCUT2D eigenvalue weighted by Crippen LogP contribution is 2.25. The van der Waals surface area contributed by atoms with Gasteiger partial charge in [-0.3, -0.25) is 9.59 Å². The summed E-state index contributed by atoms with van der Waals surface area (Å²) in [6.07, 6.45) is 2.66. The minimum absolute atomic E-state index is 0.0638. The first-order valence-corrected chi connectivity index (χ1v) is 7.29. The number of rotatable bonds is 6. The Bertz CT molecular complexity index is 323. The number of nitrogens with zero attached hydrogens (tertiary/aromatic N) is 1. The molecule has 0 radical (unpaired) electrons. The third-order valence-corrected chi connectivity index (χ3v) is 3.71. The van der Waals surface area contributed by atoms with Gasteiger partial charge in [0.25, 0.3) is 0 Å². The van der Waals surface area contributed by atoms with Crippen molar-refractivity contribution < 1.29 is 9.59 Å². The summed E-state index contributed by atoms with van der Waals surface area (Å²) in [6, 6.07) is 0.103. The van der Waals surface area contributed by atoms with E-state index in [4.69, 9.17) is 0 Å². The zero-order valence-corrected chi connectivity index (χ0v) is 12.6. The lowest BCUT2D eigenvalue weighted by Crippen LogP contribution is -2.56. The lowest BCUT2D eigenvalue weighted by Gasteiger charge is -2.33. The van der Waals surface area contributed by atoms with Gasteiger partial charge in [-0.2, -0.15) is 0 Å². The Morgan fingerprint density at radius 3 is 2.47 bits per heavy atom. The Morgan fingerprint density at radius 1 is 1.37 bits per heavy atom. The smallest absolute Gasteiger partial charge is 0.243 e. The van der Waals surface area contributed by atoms with E-state index in [-0.39, 0.29) is 24.4 Å². The van der Waals surface area contributed by atoms with Crippen molar-refractivity contribution in [1.29, 1.82) is 0 Å². The summed E-state index contributed by atoms with van der Waals surface area (Å²) in [5.41, 5.74) is -0.450. The molecule has 1 heterocycles. The lowest BCUT2D eigenvalue weighted by atomic mass is 9.92. The molecule has 0 spiro atoms. The summed E-state index contributed by atoms with van der Waals surface area (Å²) in [7, 11) is 0. The molecule has 0 aromatic heterocycles. The van der Waals surface area contributed by atoms with Crippen LogP contribution in [-0.4, -0.2) is 47.9 Å². The average molecular weight is 269 g/mol. The predicted octanol–water partition coefficient (Wildman–Crippen LogP) is 0.892. The zero-order chi connectivity index (χ0) is 14.5. The highest BCUT2D eigenvalue weighted by molar-refractivity contribution is 5.90. The van der Waals surface area contributed by atoms with Crippen molar-refractivity contribution in [3.05, 3.63) is 0 Å². The summed E-state index contributed by atoms with van der Waals surface area (Å²) in [5.74, 6) is -0.0247. The number of hydrogen-bond acceptors (Lipinski definition) is 3. The van der Waals surface area contributed by atoms with E-state index in [9.17, 15) is 9.59 Å². The standard InChI is InChI=1S/C14H27N3O2/c1-5-14(8-7-9-15-14)13(19)17(6-2)10-12(18)16-11(3)4/h11,15H,5-10H2,1-4H3,(H,16,18). The molecule has 19 heavy (non-hydrogen) atoms. The van der Waals surface area contributed by atoms with E-state index in [1.807, 2.05) is 27.7 Å². The zero-order valence-electron chi connectivity index (χ0n) is 12.6. The van der Waals surface area contributed by atoms with E-state index in [1.54, 1.807) is 4.90 Å². The normalized spacial score (nSPS) is 22.6. The summed E-state index contributed by atoms with van der Waals surface area (Å²) in [4.78, 5) is 26.1. The molecule has 0 aromatic carbocycles. The van der Waals surface area contributed by atoms with Gasteiger partial charge in [-0.15, -0.1) is 0 Å². The fourth-order valence-corrected chi connectivity index (χ4v) is 2.61. The number of hydrogen-bond donors (Lipinski definition) is 2. The van der Waals surface area contributed by atoms with Crippen LogP contribution in [0.4, 0.5) is 0 Å². The van der Waals surface area contributed by atoms with Crippen LogP contribution in [0.3, 0.4) is 0 Å². The number of likely N-dealkylation sites (N-methyl/N-ethyl adjacent to an activating group) is 1. The fraction of sp³-hybridized carbons (Fsp3) is 0.857. The molecule has 110 valence electrons. The van der Waals surface area contributed by atoms with Crippen molar-refractivity contribution in [2.75, 3.05) is 19.6 Å². The maximum absolute atomic E-state index is 12.6. The van der Waals surface area contributed by atoms with Crippen molar-refractivity contribution in [2.45, 2.75) is 58.5 Å². The summed E-state index contributed by atoms with van der Waals surface area (Å²) < 4.78 is 0. The molecule has 1 atom stereocenters. The van der Waals surface area contributed by atoms with E-state index in [1.165, 1.54) is 0 Å². The molecule has 1 aliphatic rings. The molecule has 2 N–H and O–H groups in total. The molecular formula is C14H27N3O2. The predicted molar refractivity (Wildman–Crippen MR) is 75.8 cm³/mol. The maximum Gasteiger partial charge on any atom is 0.243 e. The van der Waals surface area contributed by atoms with Crippen LogP contribution in [0.1, 0.15) is 47.0 Å². The van der Waals surface area contributed by atoms with Gasteiger partial charge in [0.2, 0.25) is 11.8 Å². The van der Waals surface area contributed by atoms with Crippen molar-refractivity contribution in [3.8, 4) is 0 Å². The third kappa shape index (κ3) is 3.93. The van der Waals surface area contributed by atoms with Crippen molar-refractivity contribution in [2.24, 2.45) is 0 Å². The van der Waals surface area contributed by atoms with Crippen LogP contribution in [0.2, 0.25) is 0 Å². The summed E-state index contributed by atoms with van der Waals surface area (Å²) >= 11 is 0. The first-order valence-electron chi connectivity index (χ1n) is 7.29. The largest absolute Gasteiger partial charge is 0.352 e. The van der Waals surface area contributed by atoms with Crippen molar-refractivity contribution in [1.82, 2.24) is 15.5 Å². The van der Waals surface area contributed by atoms with Gasteiger partial charge in [0, 0.05) is 12.6 Å². The minimum atomic E-state index is -0.450. The lowest BCUT2D eigenvalue weighted by molar-refractivity contribution is -0.141. The van der Waals surface area contributed by atoms with Gasteiger partial charge in [-0.25, -0.2) is 0 Å². The molecule has 1 fully saturated rings. The second-order valence-electron chi connectivity index (χ2n) is 5.51. The van der Waals surface area contributed by atoms with Gasteiger partial charge < -0.3 is 15.5 Å². The van der Waals surface area contributed by atoms with Crippen LogP contribution in [-0.2, 0) is 9.59 Å². The van der Waals surface area contributed by atoms with Crippen LogP contribution in [0.5, 0.6) is 0 Å². The van der Waals surface area contributed by atoms with Gasteiger partial charge in [0.05, 0.1) is 12.1 Å². The van der Waals surface area contributed by atoms with Crippen LogP contribution >= 0.6 is 0 Å². The monoisotopic (exact) mass is 269 g/mol. The first-order chi connectivity index (χ1) is 8.95. The van der Waals surface area contributed by atoms with Crippen LogP contribution < -0.4 is 10.6 Å². The Kier molecular flexibility index (Phi) is 5.79. The molecule has 0 aromatic rings. The van der Waals surface area contributed by atoms with Gasteiger partial charge in [0.1, 0.15) is 0 Å². The Morgan fingerprint density at radius 2 is 2.05 bits per heavy atom. The van der Waals surface area contributed by atoms with Gasteiger partial charge in [-0.1, -0.05) is 6.92 Å². The number of carbonyl (C=O) groups is 2. The molecular weight excluding hydrogens is 242 g/mol. The second-order valence-corrected chi connectivity index (χ2v) is 5.51. The number of nitrogens with one attached hydrogen (secondary N) is 2. The molecule has 1 rings (SSSR count). The molecule has 5 heteroatoms. The molecule has 1 unspecified atom stereocenters. The summed E-state index contributed by atoms with van der Waals surface area (Å²) in [6.45, 7) is 9.38. The van der Waals surface area contributed by atoms with Gasteiger partial charge >= 0.3 is 0 Å². The first kappa shape index (κ1) is 16.0. The molecule has 0 saturated carbocycles. The Labute approximate surface area is 116 Å². The Hall–Kier alpha value is -1.10. The van der Waals surface area contributed by atoms with E-state index < -0.39 is 5.54 Å². The van der Waals surface area contributed by atoms with E-state index in [0.29, 0.717) is 6.54 Å². The van der Waals surface area contributed by atoms with Gasteiger partial charge in [0.15, 0.2) is 0 Å². The van der Waals surface area contributed by atoms with Crippen molar-refractivity contribution in [3.63, 3.8) is 0 Å². The third-order valence-electron chi connectivity index (χ3n) is 3.71. The molecule has 5 nitrogen and oxygen atoms in total. The van der Waals surface area contributed by atoms with Gasteiger partial charge in [-0.05, 0) is 46.6 Å². The fourth-order valence-electron chi connectivity index (χ4n) is 2.61. The maximum atomic E-state index is 12.6. The van der Waals surface area contributed by atoms with Crippen LogP contribution in [0.25, 0.3) is 0 Å². The topological polar surface area (TPSA) is 61.4 Å². The molecule has 1 saturated heterocycles. The van der Waals surface area contributed by atoms with Crippen LogP contribution in [0.15, 0.2) is 0 Å². The van der Waals surface area contributed by atoms with E-state index in [2.05, 4.69) is 10.6 Å². The highest BCUT2D eigenvalue weighted by Gasteiger charge is 2.41. The van der Waals surface area contributed by atoms with Crippen molar-refractivity contribution >= 4 is 11.8 Å². The van der Waals surface area contributed by atoms with E-state index >= 15 is 0 Å². The minimum Gasteiger partial charge on any atom is -0.352 e. The SMILES string of the molecule is CCN(CC(=O)NC(C)C)C(=O)C1(CC)CCCN1. The molecule has 1 aliphatic heterocycles. The quantitative estimate of drug-likeness (QED) is 0.753. The number of carbonyl (C=O) groups excluding carboxylic acids is 2. The summed E-state index contributed by atoms with van der Waals surface area (Å²) in [5, 5.41) is 6.16. The highest BCUT2D eigenvalue weighted by atomic mass is 16.2.